The number of aliphatic hydroxyl groups is 1. The standard InChI is InChI=1S/C82H141N27O18/c1-10-45(7)65(78(125)103-53(24-15-17-33-84)70(117)101-54(25-18-34-93-81(89)90)71(118)99-52(23-14-16-32-83)69(116)100-55(26-19-35-94-82(91)92)72(119)102-56(29-31-63(87)112)73(120)98-51(67(88)114)28-30-62(86)111)108-75(122)58(39-48-41-95-50-22-13-12-21-49(48)50)105-76(123)60(42-110)106-79(126)66(46(8)11-2)107-74(121)57(37-43(3)4)104-68(115)47(9)96-77(124)61-27-20-36-109(61)80(127)59(38-44(5)6)97-64(113)40-85/h12-13,21-22,41,43-47,51-61,65-66,95,110H,10-11,14-20,23-40,42,83-85H2,1-9H3,(H2,86,111)(H2,87,112)(H2,88,114)(H,96,124)(H,97,113)(H,98,120)(H,99,118)(H,100,116)(H,101,117)(H,102,119)(H,103,125)(H,104,115)(H,105,123)(H,106,126)(H,107,121)(H,108,122)(H4,89,90,93)(H4,91,92,94)/t45-,46-,47-,51-,52-,53-,54-,55-,56-,57-,58-,59-,60-,61-,65-,66-/m0/s1. The number of amides is 17. The number of para-hydroxylation sites is 1. The molecule has 1 aliphatic heterocycles. The number of likely N-dealkylation sites (tertiary alicyclic amines) is 1. The summed E-state index contributed by atoms with van der Waals surface area (Å²) < 4.78 is 0. The second kappa shape index (κ2) is 57.0. The molecule has 0 saturated carbocycles. The van der Waals surface area contributed by atoms with Crippen LogP contribution in [0.15, 0.2) is 40.4 Å². The van der Waals surface area contributed by atoms with E-state index in [1.54, 1.807) is 72.0 Å². The number of benzene rings is 1. The molecule has 0 unspecified atom stereocenters. The summed E-state index contributed by atoms with van der Waals surface area (Å²) in [6, 6.07) is -12.9. The maximum absolute atomic E-state index is 15.2. The molecule has 1 saturated heterocycles. The molecular weight excluding hydrogens is 1650 g/mol. The number of carbonyl (C=O) groups is 17. The smallest absolute Gasteiger partial charge is 0.245 e. The monoisotopic (exact) mass is 1790 g/mol. The zero-order chi connectivity index (χ0) is 95.3. The Labute approximate surface area is 740 Å². The van der Waals surface area contributed by atoms with Crippen molar-refractivity contribution in [2.24, 2.45) is 91.0 Å². The van der Waals surface area contributed by atoms with E-state index in [0.29, 0.717) is 35.7 Å². The van der Waals surface area contributed by atoms with Crippen LogP contribution in [-0.2, 0) is 87.9 Å². The maximum Gasteiger partial charge on any atom is 0.245 e. The predicted molar refractivity (Wildman–Crippen MR) is 473 cm³/mol. The minimum Gasteiger partial charge on any atom is -0.394 e. The number of primary amides is 3. The maximum atomic E-state index is 15.2. The number of nitrogens with two attached hydrogens (primary N) is 10. The predicted octanol–water partition coefficient (Wildman–Crippen LogP) is -6.46. The SMILES string of the molecule is CC[C@H](C)[C@H](NC(=O)[C@H](CC(C)C)NC(=O)[C@H](C)NC(=O)[C@@H]1CCCN1C(=O)[C@H](CC(C)C)NC(=O)CN)C(=O)N[C@@H](CO)C(=O)N[C@@H](Cc1c[nH]c2ccccc12)C(=O)N[C@H](C(=O)N[C@@H](CCCCN)C(=O)N[C@@H](CCCN=C(N)N)C(=O)N[C@@H](CCCCN)C(=O)N[C@@H](CCCN=C(N)N)C(=O)N[C@@H](CCC(N)=O)C(=O)N[C@@H](CCC(N)=O)C(N)=O)[C@@H](C)CC. The number of aromatic amines is 1. The van der Waals surface area contributed by atoms with E-state index >= 15 is 9.59 Å². The number of rotatable bonds is 61. The summed E-state index contributed by atoms with van der Waals surface area (Å²) in [5.41, 5.74) is 57.1. The lowest BCUT2D eigenvalue weighted by atomic mass is 9.96. The van der Waals surface area contributed by atoms with Crippen LogP contribution >= 0.6 is 0 Å². The van der Waals surface area contributed by atoms with Crippen LogP contribution in [0, 0.1) is 23.7 Å². The van der Waals surface area contributed by atoms with E-state index in [9.17, 15) is 77.0 Å². The highest BCUT2D eigenvalue weighted by Crippen LogP contribution is 2.24. The van der Waals surface area contributed by atoms with Gasteiger partial charge in [0.2, 0.25) is 100 Å². The topological polar surface area (TPSA) is 771 Å². The van der Waals surface area contributed by atoms with Crippen molar-refractivity contribution in [2.45, 2.75) is 282 Å². The number of aromatic nitrogens is 1. The average molecular weight is 1790 g/mol. The van der Waals surface area contributed by atoms with Crippen LogP contribution in [0.3, 0.4) is 0 Å². The van der Waals surface area contributed by atoms with Gasteiger partial charge in [0, 0.05) is 56.0 Å². The van der Waals surface area contributed by atoms with E-state index < -0.39 is 216 Å². The summed E-state index contributed by atoms with van der Waals surface area (Å²) in [5.74, 6) is -17.0. The van der Waals surface area contributed by atoms with Gasteiger partial charge in [0.05, 0.1) is 13.2 Å². The molecule has 0 radical (unpaired) electrons. The molecular formula is C82H141N27O18. The van der Waals surface area contributed by atoms with Crippen molar-refractivity contribution in [2.75, 3.05) is 45.9 Å². The number of aliphatic hydroxyl groups excluding tert-OH is 1. The summed E-state index contributed by atoms with van der Waals surface area (Å²) >= 11 is 0. The van der Waals surface area contributed by atoms with Crippen molar-refractivity contribution >= 4 is 123 Å². The van der Waals surface area contributed by atoms with Crippen molar-refractivity contribution in [1.82, 2.24) is 79.0 Å². The Bertz CT molecular complexity index is 4060. The fraction of sp³-hybridized carbons (Fsp3) is 0.671. The number of hydrogen-bond acceptors (Lipinski definition) is 23. The molecule has 1 aliphatic rings. The summed E-state index contributed by atoms with van der Waals surface area (Å²) in [6.45, 7) is 14.4. The largest absolute Gasteiger partial charge is 0.394 e. The number of guanidine groups is 2. The molecule has 1 aromatic heterocycles. The number of nitrogens with one attached hydrogen (secondary N) is 14. The Morgan fingerprint density at radius 2 is 0.843 bits per heavy atom. The van der Waals surface area contributed by atoms with Gasteiger partial charge in [-0.3, -0.25) is 91.5 Å². The van der Waals surface area contributed by atoms with Gasteiger partial charge in [-0.25, -0.2) is 0 Å². The van der Waals surface area contributed by atoms with Crippen LogP contribution < -0.4 is 126 Å². The Hall–Kier alpha value is -11.9. The van der Waals surface area contributed by atoms with Crippen molar-refractivity contribution in [1.29, 1.82) is 0 Å². The first-order valence-electron chi connectivity index (χ1n) is 43.5. The first kappa shape index (κ1) is 109. The molecule has 35 N–H and O–H groups in total. The molecule has 2 heterocycles. The molecule has 712 valence electrons. The molecule has 0 bridgehead atoms. The lowest BCUT2D eigenvalue weighted by Crippen LogP contribution is -2.62. The van der Waals surface area contributed by atoms with Crippen LogP contribution in [-0.4, -0.2) is 258 Å². The summed E-state index contributed by atoms with van der Waals surface area (Å²) in [7, 11) is 0. The van der Waals surface area contributed by atoms with Crippen LogP contribution in [0.25, 0.3) is 10.9 Å². The van der Waals surface area contributed by atoms with Gasteiger partial charge in [-0.05, 0) is 158 Å². The van der Waals surface area contributed by atoms with E-state index in [4.69, 9.17) is 57.3 Å². The highest BCUT2D eigenvalue weighted by Gasteiger charge is 2.42. The normalized spacial score (nSPS) is 16.0. The number of carbonyl (C=O) groups excluding carboxylic acids is 17. The first-order valence-corrected chi connectivity index (χ1v) is 43.5. The second-order valence-electron chi connectivity index (χ2n) is 32.9. The lowest BCUT2D eigenvalue weighted by molar-refractivity contribution is -0.142. The third kappa shape index (κ3) is 38.9. The first-order chi connectivity index (χ1) is 60.0. The van der Waals surface area contributed by atoms with Crippen molar-refractivity contribution < 1.29 is 86.6 Å². The van der Waals surface area contributed by atoms with Crippen molar-refractivity contribution in [3.05, 3.63) is 36.0 Å². The lowest BCUT2D eigenvalue weighted by Gasteiger charge is -2.31. The number of hydrogen-bond donors (Lipinski definition) is 25. The van der Waals surface area contributed by atoms with Crippen LogP contribution in [0.5, 0.6) is 0 Å². The Morgan fingerprint density at radius 1 is 0.449 bits per heavy atom. The summed E-state index contributed by atoms with van der Waals surface area (Å²) in [6.07, 6.45) is 1.83. The molecule has 1 aromatic carbocycles. The number of H-pyrrole nitrogens is 1. The molecule has 1 fully saturated rings. The fourth-order valence-electron chi connectivity index (χ4n) is 14.0. The Kier molecular flexibility index (Phi) is 49.0. The van der Waals surface area contributed by atoms with Crippen molar-refractivity contribution in [3.63, 3.8) is 0 Å². The number of unbranched alkanes of at least 4 members (excludes halogenated alkanes) is 2. The third-order valence-corrected chi connectivity index (χ3v) is 21.6. The van der Waals surface area contributed by atoms with E-state index in [0.717, 1.165) is 0 Å². The summed E-state index contributed by atoms with van der Waals surface area (Å²) in [4.78, 5) is 249. The van der Waals surface area contributed by atoms with E-state index in [2.05, 4.69) is 84.1 Å². The van der Waals surface area contributed by atoms with E-state index in [1.165, 1.54) is 11.8 Å². The van der Waals surface area contributed by atoms with Gasteiger partial charge < -0.3 is 141 Å². The Balaban J connectivity index is 2.03. The molecule has 127 heavy (non-hydrogen) atoms. The molecule has 16 atom stereocenters. The molecule has 3 rings (SSSR count). The molecule has 2 aromatic rings. The minimum absolute atomic E-state index is 0.0103. The van der Waals surface area contributed by atoms with Gasteiger partial charge in [-0.2, -0.15) is 0 Å². The number of nitrogens with zero attached hydrogens (tertiary/aromatic N) is 3. The second-order valence-corrected chi connectivity index (χ2v) is 32.9. The Morgan fingerprint density at radius 3 is 1.28 bits per heavy atom. The van der Waals surface area contributed by atoms with Crippen molar-refractivity contribution in [3.8, 4) is 0 Å². The van der Waals surface area contributed by atoms with Gasteiger partial charge in [0.1, 0.15) is 84.6 Å². The average Bonchev–Trinajstić information content (AvgIpc) is 1.71. The zero-order valence-electron chi connectivity index (χ0n) is 74.6. The quantitative estimate of drug-likeness (QED) is 0.0166. The van der Waals surface area contributed by atoms with E-state index in [1.807, 2.05) is 13.8 Å². The highest BCUT2D eigenvalue weighted by atomic mass is 16.3. The minimum atomic E-state index is -1.80. The zero-order valence-corrected chi connectivity index (χ0v) is 74.6. The molecule has 45 heteroatoms. The van der Waals surface area contributed by atoms with Gasteiger partial charge in [-0.15, -0.1) is 0 Å². The third-order valence-electron chi connectivity index (χ3n) is 21.6. The van der Waals surface area contributed by atoms with Crippen LogP contribution in [0.2, 0.25) is 0 Å². The fourth-order valence-corrected chi connectivity index (χ4v) is 14.0. The van der Waals surface area contributed by atoms with E-state index in [-0.39, 0.29) is 166 Å². The summed E-state index contributed by atoms with van der Waals surface area (Å²) in [5, 5.41) is 45.8. The van der Waals surface area contributed by atoms with Gasteiger partial charge in [0.15, 0.2) is 11.9 Å². The number of aliphatic imine (C=N–C) groups is 2. The number of fused-ring (bicyclic) bond motifs is 1. The van der Waals surface area contributed by atoms with Gasteiger partial charge in [-0.1, -0.05) is 86.4 Å². The molecule has 17 amide bonds. The molecule has 0 spiro atoms. The molecule has 45 nitrogen and oxygen atoms in total. The van der Waals surface area contributed by atoms with Gasteiger partial charge in [0.25, 0.3) is 0 Å². The van der Waals surface area contributed by atoms with Crippen LogP contribution in [0.4, 0.5) is 0 Å². The molecule has 0 aliphatic carbocycles. The van der Waals surface area contributed by atoms with Gasteiger partial charge >= 0.3 is 0 Å². The van der Waals surface area contributed by atoms with Crippen LogP contribution in [0.1, 0.15) is 196 Å². The highest BCUT2D eigenvalue weighted by molar-refractivity contribution is 6.01.